The molecule has 0 bridgehead atoms. The van der Waals surface area contributed by atoms with E-state index < -0.39 is 0 Å². The summed E-state index contributed by atoms with van der Waals surface area (Å²) in [6.45, 7) is 4.25. The van der Waals surface area contributed by atoms with E-state index in [1.54, 1.807) is 0 Å². The maximum Gasteiger partial charge on any atom is 0.182 e. The molecule has 0 saturated heterocycles. The molecule has 3 rings (SSSR count). The van der Waals surface area contributed by atoms with Crippen molar-refractivity contribution in [3.63, 3.8) is 0 Å². The van der Waals surface area contributed by atoms with Gasteiger partial charge in [0.2, 0.25) is 0 Å². The number of rotatable bonds is 2. The standard InChI is InChI=1S/C17H16N2S/c1-12-8-9-14(10-13(12)2)16-11-19(17(20)18-16)15-6-4-3-5-7-15/h3-11H,1-2H3,(H,18,20). The molecule has 0 fully saturated rings. The highest BCUT2D eigenvalue weighted by Gasteiger charge is 2.05. The Bertz CT molecular complexity index is 797. The first-order chi connectivity index (χ1) is 9.65. The van der Waals surface area contributed by atoms with Crippen LogP contribution in [0.1, 0.15) is 11.1 Å². The Morgan fingerprint density at radius 2 is 1.70 bits per heavy atom. The molecule has 0 amide bonds. The van der Waals surface area contributed by atoms with Crippen molar-refractivity contribution in [2.75, 3.05) is 0 Å². The predicted molar refractivity (Wildman–Crippen MR) is 85.9 cm³/mol. The fourth-order valence-electron chi connectivity index (χ4n) is 2.23. The molecule has 1 N–H and O–H groups in total. The highest BCUT2D eigenvalue weighted by Crippen LogP contribution is 2.22. The van der Waals surface area contributed by atoms with Crippen LogP contribution in [0.15, 0.2) is 54.7 Å². The van der Waals surface area contributed by atoms with Gasteiger partial charge in [-0.3, -0.25) is 4.57 Å². The number of hydrogen-bond acceptors (Lipinski definition) is 1. The van der Waals surface area contributed by atoms with E-state index in [0.717, 1.165) is 16.9 Å². The van der Waals surface area contributed by atoms with Crippen LogP contribution in [-0.4, -0.2) is 9.55 Å². The van der Waals surface area contributed by atoms with Crippen LogP contribution in [0.5, 0.6) is 0 Å². The number of nitrogens with zero attached hydrogens (tertiary/aromatic N) is 1. The van der Waals surface area contributed by atoms with Crippen LogP contribution in [0.3, 0.4) is 0 Å². The summed E-state index contributed by atoms with van der Waals surface area (Å²) in [5.41, 5.74) is 5.86. The van der Waals surface area contributed by atoms with Crippen LogP contribution in [0, 0.1) is 18.6 Å². The summed E-state index contributed by atoms with van der Waals surface area (Å²) in [7, 11) is 0. The Labute approximate surface area is 123 Å². The molecular weight excluding hydrogens is 264 g/mol. The molecule has 0 spiro atoms. The molecular formula is C17H16N2S. The Kier molecular flexibility index (Phi) is 3.28. The molecule has 0 atom stereocenters. The van der Waals surface area contributed by atoms with E-state index in [4.69, 9.17) is 12.2 Å². The zero-order valence-electron chi connectivity index (χ0n) is 11.6. The van der Waals surface area contributed by atoms with Gasteiger partial charge in [0, 0.05) is 11.9 Å². The Morgan fingerprint density at radius 1 is 0.950 bits per heavy atom. The second kappa shape index (κ2) is 5.10. The van der Waals surface area contributed by atoms with Gasteiger partial charge < -0.3 is 4.98 Å². The van der Waals surface area contributed by atoms with Gasteiger partial charge in [0.05, 0.1) is 5.69 Å². The van der Waals surface area contributed by atoms with Crippen molar-refractivity contribution in [2.24, 2.45) is 0 Å². The number of aromatic nitrogens is 2. The largest absolute Gasteiger partial charge is 0.330 e. The molecule has 0 aliphatic carbocycles. The van der Waals surface area contributed by atoms with Gasteiger partial charge in [0.1, 0.15) is 0 Å². The summed E-state index contributed by atoms with van der Waals surface area (Å²) >= 11 is 5.42. The number of H-pyrrole nitrogens is 1. The fraction of sp³-hybridized carbons (Fsp3) is 0.118. The average molecular weight is 280 g/mol. The number of aromatic amines is 1. The molecule has 1 aromatic heterocycles. The van der Waals surface area contributed by atoms with Gasteiger partial charge in [-0.2, -0.15) is 0 Å². The first-order valence-electron chi connectivity index (χ1n) is 6.60. The summed E-state index contributed by atoms with van der Waals surface area (Å²) in [6.07, 6.45) is 2.06. The molecule has 3 heteroatoms. The first kappa shape index (κ1) is 12.9. The molecule has 2 nitrogen and oxygen atoms in total. The van der Waals surface area contributed by atoms with E-state index >= 15 is 0 Å². The minimum atomic E-state index is 0.712. The number of benzene rings is 2. The maximum atomic E-state index is 5.42. The number of imidazole rings is 1. The Hall–Kier alpha value is -2.13. The average Bonchev–Trinajstić information content (AvgIpc) is 2.85. The quantitative estimate of drug-likeness (QED) is 0.667. The van der Waals surface area contributed by atoms with E-state index in [0.29, 0.717) is 4.77 Å². The number of aryl methyl sites for hydroxylation is 2. The van der Waals surface area contributed by atoms with Crippen LogP contribution < -0.4 is 0 Å². The monoisotopic (exact) mass is 280 g/mol. The van der Waals surface area contributed by atoms with Crippen LogP contribution in [0.2, 0.25) is 0 Å². The van der Waals surface area contributed by atoms with Crippen molar-refractivity contribution in [3.05, 3.63) is 70.6 Å². The smallest absolute Gasteiger partial charge is 0.182 e. The zero-order valence-corrected chi connectivity index (χ0v) is 12.4. The van der Waals surface area contributed by atoms with Crippen LogP contribution in [0.4, 0.5) is 0 Å². The maximum absolute atomic E-state index is 5.42. The van der Waals surface area contributed by atoms with Gasteiger partial charge in [-0.1, -0.05) is 30.3 Å². The number of para-hydroxylation sites is 1. The van der Waals surface area contributed by atoms with E-state index in [9.17, 15) is 0 Å². The number of hydrogen-bond donors (Lipinski definition) is 1. The van der Waals surface area contributed by atoms with E-state index in [-0.39, 0.29) is 0 Å². The van der Waals surface area contributed by atoms with Crippen molar-refractivity contribution >= 4 is 12.2 Å². The normalized spacial score (nSPS) is 10.7. The van der Waals surface area contributed by atoms with Gasteiger partial charge in [-0.15, -0.1) is 0 Å². The van der Waals surface area contributed by atoms with Crippen molar-refractivity contribution in [1.82, 2.24) is 9.55 Å². The third-order valence-electron chi connectivity index (χ3n) is 3.57. The van der Waals surface area contributed by atoms with Crippen LogP contribution >= 0.6 is 12.2 Å². The SMILES string of the molecule is Cc1ccc(-c2cn(-c3ccccc3)c(=S)[nH]2)cc1C. The summed E-state index contributed by atoms with van der Waals surface area (Å²) in [5, 5.41) is 0. The Balaban J connectivity index is 2.09. The van der Waals surface area contributed by atoms with E-state index in [2.05, 4.69) is 43.2 Å². The molecule has 2 aromatic carbocycles. The topological polar surface area (TPSA) is 20.7 Å². The van der Waals surface area contributed by atoms with Gasteiger partial charge in [-0.25, -0.2) is 0 Å². The molecule has 100 valence electrons. The van der Waals surface area contributed by atoms with Crippen molar-refractivity contribution < 1.29 is 0 Å². The first-order valence-corrected chi connectivity index (χ1v) is 7.01. The van der Waals surface area contributed by atoms with Gasteiger partial charge in [0.15, 0.2) is 4.77 Å². The lowest BCUT2D eigenvalue weighted by Crippen LogP contribution is -1.90. The summed E-state index contributed by atoms with van der Waals surface area (Å²) in [5.74, 6) is 0. The fourth-order valence-corrected chi connectivity index (χ4v) is 2.50. The number of nitrogens with one attached hydrogen (secondary N) is 1. The van der Waals surface area contributed by atoms with Crippen LogP contribution in [0.25, 0.3) is 16.9 Å². The summed E-state index contributed by atoms with van der Waals surface area (Å²) in [6, 6.07) is 16.6. The second-order valence-corrected chi connectivity index (χ2v) is 5.36. The minimum absolute atomic E-state index is 0.712. The molecule has 0 aliphatic heterocycles. The van der Waals surface area contributed by atoms with E-state index in [1.165, 1.54) is 11.1 Å². The lowest BCUT2D eigenvalue weighted by Gasteiger charge is -2.03. The van der Waals surface area contributed by atoms with Crippen molar-refractivity contribution in [1.29, 1.82) is 0 Å². The lowest BCUT2D eigenvalue weighted by atomic mass is 10.0. The lowest BCUT2D eigenvalue weighted by molar-refractivity contribution is 1.03. The molecule has 1 heterocycles. The molecule has 20 heavy (non-hydrogen) atoms. The molecule has 0 radical (unpaired) electrons. The van der Waals surface area contributed by atoms with Crippen molar-refractivity contribution in [2.45, 2.75) is 13.8 Å². The highest BCUT2D eigenvalue weighted by molar-refractivity contribution is 7.71. The predicted octanol–water partition coefficient (Wildman–Crippen LogP) is 4.82. The minimum Gasteiger partial charge on any atom is -0.330 e. The second-order valence-electron chi connectivity index (χ2n) is 4.98. The summed E-state index contributed by atoms with van der Waals surface area (Å²) in [4.78, 5) is 3.28. The summed E-state index contributed by atoms with van der Waals surface area (Å²) < 4.78 is 2.71. The molecule has 0 saturated carbocycles. The third-order valence-corrected chi connectivity index (χ3v) is 3.87. The van der Waals surface area contributed by atoms with Crippen molar-refractivity contribution in [3.8, 4) is 16.9 Å². The molecule has 0 unspecified atom stereocenters. The van der Waals surface area contributed by atoms with Gasteiger partial charge in [-0.05, 0) is 61.0 Å². The van der Waals surface area contributed by atoms with Gasteiger partial charge in [0.25, 0.3) is 0 Å². The molecule has 3 aromatic rings. The highest BCUT2D eigenvalue weighted by atomic mass is 32.1. The molecule has 0 aliphatic rings. The van der Waals surface area contributed by atoms with Crippen LogP contribution in [-0.2, 0) is 0 Å². The zero-order chi connectivity index (χ0) is 14.1. The van der Waals surface area contributed by atoms with E-state index in [1.807, 2.05) is 34.9 Å². The third kappa shape index (κ3) is 2.32. The Morgan fingerprint density at radius 3 is 2.40 bits per heavy atom. The van der Waals surface area contributed by atoms with Gasteiger partial charge >= 0.3 is 0 Å².